The summed E-state index contributed by atoms with van der Waals surface area (Å²) in [4.78, 5) is 20.5. The van der Waals surface area contributed by atoms with E-state index < -0.39 is 0 Å². The molecular formula is C16H21N3OS. The van der Waals surface area contributed by atoms with Crippen molar-refractivity contribution in [3.63, 3.8) is 0 Å². The van der Waals surface area contributed by atoms with Crippen LogP contribution >= 0.6 is 11.3 Å². The fraction of sp³-hybridized carbons (Fsp3) is 0.500. The van der Waals surface area contributed by atoms with E-state index in [4.69, 9.17) is 10.7 Å². The molecule has 0 radical (unpaired) electrons. The first kappa shape index (κ1) is 14.5. The number of thiophene rings is 1. The van der Waals surface area contributed by atoms with Gasteiger partial charge in [0.15, 0.2) is 5.78 Å². The van der Waals surface area contributed by atoms with Crippen LogP contribution in [-0.2, 0) is 12.8 Å². The fourth-order valence-electron chi connectivity index (χ4n) is 3.17. The summed E-state index contributed by atoms with van der Waals surface area (Å²) in [5.74, 6) is 0.0858. The van der Waals surface area contributed by atoms with Gasteiger partial charge in [0.05, 0.1) is 17.1 Å². The highest BCUT2D eigenvalue weighted by molar-refractivity contribution is 7.21. The van der Waals surface area contributed by atoms with Gasteiger partial charge >= 0.3 is 0 Å². The van der Waals surface area contributed by atoms with Crippen molar-refractivity contribution in [2.45, 2.75) is 32.6 Å². The number of anilines is 1. The number of nitrogens with two attached hydrogens (primary N) is 1. The molecule has 3 rings (SSSR count). The summed E-state index contributed by atoms with van der Waals surface area (Å²) < 4.78 is 0. The lowest BCUT2D eigenvalue weighted by atomic mass is 9.89. The maximum absolute atomic E-state index is 12.4. The molecule has 4 nitrogen and oxygen atoms in total. The number of rotatable bonds is 3. The van der Waals surface area contributed by atoms with Crippen molar-refractivity contribution in [3.05, 3.63) is 21.7 Å². The number of fused-ring (bicyclic) bond motifs is 3. The lowest BCUT2D eigenvalue weighted by Crippen LogP contribution is -2.21. The largest absolute Gasteiger partial charge is 0.397 e. The molecule has 1 aliphatic carbocycles. The molecule has 0 atom stereocenters. The SMILES string of the molecule is Cc1nc2sc(C(=O)CN(C)C)c(N)c2c2c1CCCC2. The number of nitrogen functional groups attached to an aromatic ring is 1. The molecule has 0 amide bonds. The number of nitrogens with zero attached hydrogens (tertiary/aromatic N) is 2. The van der Waals surface area contributed by atoms with Crippen LogP contribution in [0.15, 0.2) is 0 Å². The van der Waals surface area contributed by atoms with Crippen LogP contribution in [0.5, 0.6) is 0 Å². The van der Waals surface area contributed by atoms with E-state index in [0.29, 0.717) is 17.1 Å². The maximum atomic E-state index is 12.4. The molecule has 1 aliphatic rings. The van der Waals surface area contributed by atoms with Gasteiger partial charge in [0.1, 0.15) is 4.83 Å². The van der Waals surface area contributed by atoms with Gasteiger partial charge in [0.25, 0.3) is 0 Å². The molecule has 21 heavy (non-hydrogen) atoms. The lowest BCUT2D eigenvalue weighted by molar-refractivity contribution is 0.0962. The van der Waals surface area contributed by atoms with Crippen molar-refractivity contribution >= 4 is 33.0 Å². The molecule has 0 saturated heterocycles. The molecule has 0 unspecified atom stereocenters. The second-order valence-electron chi connectivity index (χ2n) is 6.05. The van der Waals surface area contributed by atoms with Crippen molar-refractivity contribution in [1.29, 1.82) is 0 Å². The molecule has 2 heterocycles. The zero-order valence-electron chi connectivity index (χ0n) is 12.8. The van der Waals surface area contributed by atoms with E-state index in [1.165, 1.54) is 35.3 Å². The first-order valence-corrected chi connectivity index (χ1v) is 8.19. The summed E-state index contributed by atoms with van der Waals surface area (Å²) in [6, 6.07) is 0. The van der Waals surface area contributed by atoms with Crippen molar-refractivity contribution in [2.24, 2.45) is 0 Å². The number of hydrogen-bond donors (Lipinski definition) is 1. The average Bonchev–Trinajstić information content (AvgIpc) is 2.75. The van der Waals surface area contributed by atoms with Crippen LogP contribution in [0.4, 0.5) is 5.69 Å². The maximum Gasteiger partial charge on any atom is 0.188 e. The van der Waals surface area contributed by atoms with Gasteiger partial charge in [-0.25, -0.2) is 4.98 Å². The second-order valence-corrected chi connectivity index (χ2v) is 7.05. The van der Waals surface area contributed by atoms with Crippen LogP contribution in [-0.4, -0.2) is 36.3 Å². The van der Waals surface area contributed by atoms with Gasteiger partial charge in [-0.15, -0.1) is 11.3 Å². The Bertz CT molecular complexity index is 718. The average molecular weight is 303 g/mol. The molecule has 0 saturated carbocycles. The number of carbonyl (C=O) groups excluding carboxylic acids is 1. The molecule has 0 fully saturated rings. The van der Waals surface area contributed by atoms with Gasteiger partial charge < -0.3 is 10.6 Å². The van der Waals surface area contributed by atoms with Crippen molar-refractivity contribution in [1.82, 2.24) is 9.88 Å². The summed E-state index contributed by atoms with van der Waals surface area (Å²) in [7, 11) is 3.79. The Balaban J connectivity index is 2.18. The third kappa shape index (κ3) is 2.45. The molecule has 0 aromatic carbocycles. The fourth-order valence-corrected chi connectivity index (χ4v) is 4.27. The van der Waals surface area contributed by atoms with Crippen LogP contribution in [0.3, 0.4) is 0 Å². The van der Waals surface area contributed by atoms with E-state index in [0.717, 1.165) is 28.8 Å². The summed E-state index contributed by atoms with van der Waals surface area (Å²) in [5.41, 5.74) is 10.8. The van der Waals surface area contributed by atoms with Crippen LogP contribution < -0.4 is 5.73 Å². The standard InChI is InChI=1S/C16H21N3OS/c1-9-10-6-4-5-7-11(10)13-14(17)15(21-16(13)18-9)12(20)8-19(2)3/h4-8,17H2,1-3H3. The Morgan fingerprint density at radius 2 is 1.95 bits per heavy atom. The topological polar surface area (TPSA) is 59.2 Å². The van der Waals surface area contributed by atoms with Crippen LogP contribution in [0.1, 0.15) is 39.3 Å². The Morgan fingerprint density at radius 3 is 2.62 bits per heavy atom. The van der Waals surface area contributed by atoms with Crippen LogP contribution in [0, 0.1) is 6.92 Å². The lowest BCUT2D eigenvalue weighted by Gasteiger charge is -2.18. The van der Waals surface area contributed by atoms with Crippen LogP contribution in [0.2, 0.25) is 0 Å². The molecular weight excluding hydrogens is 282 g/mol. The second kappa shape index (κ2) is 5.39. The number of hydrogen-bond acceptors (Lipinski definition) is 5. The normalized spacial score (nSPS) is 14.7. The Labute approximate surface area is 129 Å². The summed E-state index contributed by atoms with van der Waals surface area (Å²) in [5, 5.41) is 1.04. The molecule has 0 spiro atoms. The van der Waals surface area contributed by atoms with Crippen molar-refractivity contribution in [3.8, 4) is 0 Å². The number of ketones is 1. The summed E-state index contributed by atoms with van der Waals surface area (Å²) >= 11 is 1.45. The third-order valence-electron chi connectivity index (χ3n) is 4.12. The first-order chi connectivity index (χ1) is 9.99. The van der Waals surface area contributed by atoms with E-state index in [9.17, 15) is 4.79 Å². The summed E-state index contributed by atoms with van der Waals surface area (Å²) in [6.45, 7) is 2.46. The minimum absolute atomic E-state index is 0.0858. The van der Waals surface area contributed by atoms with E-state index in [-0.39, 0.29) is 5.78 Å². The number of likely N-dealkylation sites (N-methyl/N-ethyl adjacent to an activating group) is 1. The van der Waals surface area contributed by atoms with Gasteiger partial charge in [-0.3, -0.25) is 4.79 Å². The minimum atomic E-state index is 0.0858. The first-order valence-electron chi connectivity index (χ1n) is 7.37. The molecule has 0 aliphatic heterocycles. The number of aromatic nitrogens is 1. The van der Waals surface area contributed by atoms with Gasteiger partial charge in [-0.1, -0.05) is 0 Å². The highest BCUT2D eigenvalue weighted by Gasteiger charge is 2.24. The van der Waals surface area contributed by atoms with E-state index >= 15 is 0 Å². The summed E-state index contributed by atoms with van der Waals surface area (Å²) in [6.07, 6.45) is 4.55. The highest BCUT2D eigenvalue weighted by Crippen LogP contribution is 2.39. The van der Waals surface area contributed by atoms with E-state index in [2.05, 4.69) is 6.92 Å². The minimum Gasteiger partial charge on any atom is -0.397 e. The number of carbonyl (C=O) groups is 1. The number of Topliss-reactive ketones (excluding diaryl/α,β-unsaturated/α-hetero) is 1. The number of aryl methyl sites for hydroxylation is 2. The highest BCUT2D eigenvalue weighted by atomic mass is 32.1. The van der Waals surface area contributed by atoms with Gasteiger partial charge in [0.2, 0.25) is 0 Å². The molecule has 5 heteroatoms. The smallest absolute Gasteiger partial charge is 0.188 e. The van der Waals surface area contributed by atoms with Crippen molar-refractivity contribution in [2.75, 3.05) is 26.4 Å². The predicted octanol–water partition coefficient (Wildman–Crippen LogP) is 2.81. The molecule has 2 aromatic rings. The van der Waals surface area contributed by atoms with Gasteiger partial charge in [-0.2, -0.15) is 0 Å². The Morgan fingerprint density at radius 1 is 1.29 bits per heavy atom. The third-order valence-corrected chi connectivity index (χ3v) is 5.26. The van der Waals surface area contributed by atoms with Gasteiger partial charge in [0, 0.05) is 11.1 Å². The monoisotopic (exact) mass is 303 g/mol. The van der Waals surface area contributed by atoms with Crippen molar-refractivity contribution < 1.29 is 4.79 Å². The molecule has 112 valence electrons. The van der Waals surface area contributed by atoms with Gasteiger partial charge in [-0.05, 0) is 57.8 Å². The predicted molar refractivity (Wildman–Crippen MR) is 88.3 cm³/mol. The Kier molecular flexibility index (Phi) is 3.71. The Hall–Kier alpha value is -1.46. The molecule has 0 bridgehead atoms. The quantitative estimate of drug-likeness (QED) is 0.886. The molecule has 2 N–H and O–H groups in total. The van der Waals surface area contributed by atoms with Crippen LogP contribution in [0.25, 0.3) is 10.2 Å². The van der Waals surface area contributed by atoms with E-state index in [1.54, 1.807) is 0 Å². The zero-order valence-corrected chi connectivity index (χ0v) is 13.6. The number of pyridine rings is 1. The van der Waals surface area contributed by atoms with E-state index in [1.807, 2.05) is 19.0 Å². The zero-order chi connectivity index (χ0) is 15.1. The molecule has 2 aromatic heterocycles.